The Kier molecular flexibility index (Phi) is 4.85. The quantitative estimate of drug-likeness (QED) is 0.565. The molecule has 0 saturated carbocycles. The minimum Gasteiger partial charge on any atom is -0.305 e. The Morgan fingerprint density at radius 3 is 2.21 bits per heavy atom. The van der Waals surface area contributed by atoms with Gasteiger partial charge in [0, 0.05) is 25.7 Å². The molecule has 0 aromatic carbocycles. The van der Waals surface area contributed by atoms with Crippen LogP contribution in [0.3, 0.4) is 0 Å². The van der Waals surface area contributed by atoms with Crippen molar-refractivity contribution in [3.8, 4) is 0 Å². The van der Waals surface area contributed by atoms with Crippen LogP contribution >= 0.6 is 0 Å². The van der Waals surface area contributed by atoms with Crippen LogP contribution in [0.25, 0.3) is 0 Å². The van der Waals surface area contributed by atoms with E-state index in [1.807, 2.05) is 0 Å². The summed E-state index contributed by atoms with van der Waals surface area (Å²) in [4.78, 5) is 7.33. The molecule has 0 unspecified atom stereocenters. The van der Waals surface area contributed by atoms with E-state index in [0.717, 1.165) is 0 Å². The SMILES string of the molecule is C[C@H]1CN(C)CCCN(C)CCN1C. The molecule has 1 atom stereocenters. The Hall–Kier alpha value is -0.120. The summed E-state index contributed by atoms with van der Waals surface area (Å²) in [5, 5.41) is 0. The zero-order chi connectivity index (χ0) is 10.6. The normalized spacial score (nSPS) is 30.4. The average Bonchev–Trinajstić information content (AvgIpc) is 2.12. The van der Waals surface area contributed by atoms with Crippen molar-refractivity contribution in [3.05, 3.63) is 0 Å². The van der Waals surface area contributed by atoms with E-state index >= 15 is 0 Å². The Balaban J connectivity index is 2.45. The lowest BCUT2D eigenvalue weighted by atomic mass is 10.2. The molecule has 0 N–H and O–H groups in total. The molecule has 1 saturated heterocycles. The van der Waals surface area contributed by atoms with E-state index in [1.54, 1.807) is 0 Å². The van der Waals surface area contributed by atoms with Crippen LogP contribution in [0.4, 0.5) is 0 Å². The number of likely N-dealkylation sites (N-methyl/N-ethyl adjacent to an activating group) is 3. The summed E-state index contributed by atoms with van der Waals surface area (Å²) >= 11 is 0. The fraction of sp³-hybridized carbons (Fsp3) is 1.00. The summed E-state index contributed by atoms with van der Waals surface area (Å²) in [6, 6.07) is 0.673. The van der Waals surface area contributed by atoms with E-state index in [2.05, 4.69) is 42.8 Å². The van der Waals surface area contributed by atoms with Gasteiger partial charge in [-0.1, -0.05) is 0 Å². The Morgan fingerprint density at radius 1 is 0.857 bits per heavy atom. The van der Waals surface area contributed by atoms with Crippen molar-refractivity contribution < 1.29 is 0 Å². The Morgan fingerprint density at radius 2 is 1.50 bits per heavy atom. The molecule has 0 spiro atoms. The van der Waals surface area contributed by atoms with E-state index in [1.165, 1.54) is 39.1 Å². The second-order valence-corrected chi connectivity index (χ2v) is 4.75. The topological polar surface area (TPSA) is 9.72 Å². The van der Waals surface area contributed by atoms with Crippen molar-refractivity contribution in [2.24, 2.45) is 0 Å². The molecular weight excluding hydrogens is 174 g/mol. The lowest BCUT2D eigenvalue weighted by Crippen LogP contribution is -2.44. The maximum Gasteiger partial charge on any atom is 0.0192 e. The van der Waals surface area contributed by atoms with Crippen LogP contribution in [0.1, 0.15) is 13.3 Å². The minimum absolute atomic E-state index is 0.673. The maximum atomic E-state index is 2.46. The monoisotopic (exact) mass is 199 g/mol. The molecule has 1 rings (SSSR count). The van der Waals surface area contributed by atoms with Gasteiger partial charge in [0.15, 0.2) is 0 Å². The fourth-order valence-electron chi connectivity index (χ4n) is 1.95. The molecule has 14 heavy (non-hydrogen) atoms. The van der Waals surface area contributed by atoms with Gasteiger partial charge in [-0.2, -0.15) is 0 Å². The van der Waals surface area contributed by atoms with Crippen LogP contribution in [0.2, 0.25) is 0 Å². The predicted octanol–water partition coefficient (Wildman–Crippen LogP) is 0.574. The summed E-state index contributed by atoms with van der Waals surface area (Å²) in [7, 11) is 6.68. The van der Waals surface area contributed by atoms with Gasteiger partial charge in [-0.3, -0.25) is 0 Å². The van der Waals surface area contributed by atoms with Crippen LogP contribution in [-0.2, 0) is 0 Å². The highest BCUT2D eigenvalue weighted by molar-refractivity contribution is 4.70. The van der Waals surface area contributed by atoms with E-state index in [4.69, 9.17) is 0 Å². The molecule has 0 aliphatic carbocycles. The molecule has 0 amide bonds. The number of hydrogen-bond donors (Lipinski definition) is 0. The van der Waals surface area contributed by atoms with Crippen molar-refractivity contribution in [1.82, 2.24) is 14.7 Å². The van der Waals surface area contributed by atoms with Gasteiger partial charge in [-0.25, -0.2) is 0 Å². The average molecular weight is 199 g/mol. The van der Waals surface area contributed by atoms with E-state index < -0.39 is 0 Å². The van der Waals surface area contributed by atoms with Gasteiger partial charge in [-0.15, -0.1) is 0 Å². The highest BCUT2D eigenvalue weighted by atomic mass is 15.2. The van der Waals surface area contributed by atoms with Crippen LogP contribution < -0.4 is 0 Å². The summed E-state index contributed by atoms with van der Waals surface area (Å²) in [5.74, 6) is 0. The summed E-state index contributed by atoms with van der Waals surface area (Å²) in [5.41, 5.74) is 0. The van der Waals surface area contributed by atoms with Gasteiger partial charge in [0.25, 0.3) is 0 Å². The maximum absolute atomic E-state index is 2.46. The molecule has 3 heteroatoms. The molecule has 0 aromatic heterocycles. The third-order valence-electron chi connectivity index (χ3n) is 3.24. The van der Waals surface area contributed by atoms with Gasteiger partial charge in [0.05, 0.1) is 0 Å². The van der Waals surface area contributed by atoms with Crippen molar-refractivity contribution in [1.29, 1.82) is 0 Å². The molecule has 1 aliphatic heterocycles. The molecule has 1 fully saturated rings. The molecule has 1 aliphatic rings. The second kappa shape index (κ2) is 5.69. The lowest BCUT2D eigenvalue weighted by Gasteiger charge is -2.32. The Bertz CT molecular complexity index is 161. The zero-order valence-electron chi connectivity index (χ0n) is 10.2. The summed E-state index contributed by atoms with van der Waals surface area (Å²) in [6.07, 6.45) is 1.30. The minimum atomic E-state index is 0.673. The van der Waals surface area contributed by atoms with E-state index in [9.17, 15) is 0 Å². The van der Waals surface area contributed by atoms with Crippen molar-refractivity contribution in [2.45, 2.75) is 19.4 Å². The van der Waals surface area contributed by atoms with Crippen LogP contribution in [0.5, 0.6) is 0 Å². The molecule has 0 aromatic rings. The van der Waals surface area contributed by atoms with E-state index in [-0.39, 0.29) is 0 Å². The third kappa shape index (κ3) is 3.95. The summed E-state index contributed by atoms with van der Waals surface area (Å²) < 4.78 is 0. The first kappa shape index (κ1) is 12.0. The number of nitrogens with zero attached hydrogens (tertiary/aromatic N) is 3. The van der Waals surface area contributed by atoms with Gasteiger partial charge < -0.3 is 14.7 Å². The highest BCUT2D eigenvalue weighted by Gasteiger charge is 2.14. The van der Waals surface area contributed by atoms with Crippen LogP contribution in [0, 0.1) is 0 Å². The smallest absolute Gasteiger partial charge is 0.0192 e. The molecule has 3 nitrogen and oxygen atoms in total. The van der Waals surface area contributed by atoms with Gasteiger partial charge >= 0.3 is 0 Å². The zero-order valence-corrected chi connectivity index (χ0v) is 10.2. The molecule has 0 radical (unpaired) electrons. The van der Waals surface area contributed by atoms with E-state index in [0.29, 0.717) is 6.04 Å². The largest absolute Gasteiger partial charge is 0.305 e. The summed E-state index contributed by atoms with van der Waals surface area (Å²) in [6.45, 7) is 8.35. The lowest BCUT2D eigenvalue weighted by molar-refractivity contribution is 0.154. The van der Waals surface area contributed by atoms with Crippen molar-refractivity contribution in [2.75, 3.05) is 53.9 Å². The number of hydrogen-bond acceptors (Lipinski definition) is 3. The first-order chi connectivity index (χ1) is 6.59. The predicted molar refractivity (Wildman–Crippen MR) is 61.7 cm³/mol. The third-order valence-corrected chi connectivity index (χ3v) is 3.24. The first-order valence-corrected chi connectivity index (χ1v) is 5.67. The van der Waals surface area contributed by atoms with Gasteiger partial charge in [-0.05, 0) is 47.6 Å². The Labute approximate surface area is 88.7 Å². The van der Waals surface area contributed by atoms with Crippen LogP contribution in [-0.4, -0.2) is 74.6 Å². The highest BCUT2D eigenvalue weighted by Crippen LogP contribution is 2.02. The fourth-order valence-corrected chi connectivity index (χ4v) is 1.95. The van der Waals surface area contributed by atoms with Crippen molar-refractivity contribution in [3.63, 3.8) is 0 Å². The van der Waals surface area contributed by atoms with Gasteiger partial charge in [0.1, 0.15) is 0 Å². The molecule has 84 valence electrons. The van der Waals surface area contributed by atoms with Crippen molar-refractivity contribution >= 4 is 0 Å². The van der Waals surface area contributed by atoms with Gasteiger partial charge in [0.2, 0.25) is 0 Å². The van der Waals surface area contributed by atoms with Crippen LogP contribution in [0.15, 0.2) is 0 Å². The number of rotatable bonds is 0. The standard InChI is InChI=1S/C11H25N3/c1-11-10-13(3)7-5-6-12(2)8-9-14(11)4/h11H,5-10H2,1-4H3/t11-/m0/s1. The second-order valence-electron chi connectivity index (χ2n) is 4.75. The molecular formula is C11H25N3. The first-order valence-electron chi connectivity index (χ1n) is 5.67. The molecule has 0 bridgehead atoms. The molecule has 1 heterocycles.